The van der Waals surface area contributed by atoms with Crippen molar-refractivity contribution >= 4 is 5.91 Å². The van der Waals surface area contributed by atoms with Crippen LogP contribution in [0.5, 0.6) is 5.75 Å². The molecule has 0 saturated heterocycles. The molecule has 0 spiro atoms. The summed E-state index contributed by atoms with van der Waals surface area (Å²) in [6, 6.07) is 6.66. The first-order chi connectivity index (χ1) is 7.74. The maximum Gasteiger partial charge on any atom is 0.248 e. The Morgan fingerprint density at radius 2 is 2.12 bits per heavy atom. The second kappa shape index (κ2) is 6.49. The predicted molar refractivity (Wildman–Crippen MR) is 60.1 cm³/mol. The second-order valence-electron chi connectivity index (χ2n) is 2.97. The van der Waals surface area contributed by atoms with Gasteiger partial charge in [0, 0.05) is 12.7 Å². The van der Waals surface area contributed by atoms with Crippen molar-refractivity contribution in [1.82, 2.24) is 0 Å². The molecule has 4 heteroatoms. The molecule has 0 bridgehead atoms. The third kappa shape index (κ3) is 4.03. The molecule has 1 aromatic rings. The molecule has 0 heterocycles. The fourth-order valence-corrected chi connectivity index (χ4v) is 1.03. The van der Waals surface area contributed by atoms with Crippen molar-refractivity contribution in [3.05, 3.63) is 29.8 Å². The molecule has 0 radical (unpaired) electrons. The van der Waals surface area contributed by atoms with Crippen molar-refractivity contribution in [2.24, 2.45) is 5.73 Å². The molecule has 1 rings (SSSR count). The number of hydrogen-bond acceptors (Lipinski definition) is 3. The Labute approximate surface area is 94.3 Å². The van der Waals surface area contributed by atoms with Gasteiger partial charge in [0.2, 0.25) is 5.91 Å². The molecule has 0 aliphatic rings. The zero-order valence-electron chi connectivity index (χ0n) is 9.03. The van der Waals surface area contributed by atoms with Gasteiger partial charge in [0.15, 0.2) is 0 Å². The number of nitrogens with two attached hydrogens (primary N) is 1. The van der Waals surface area contributed by atoms with E-state index in [-0.39, 0.29) is 6.61 Å². The number of benzene rings is 1. The maximum atomic E-state index is 10.9. The van der Waals surface area contributed by atoms with Crippen molar-refractivity contribution in [1.29, 1.82) is 0 Å². The van der Waals surface area contributed by atoms with Crippen LogP contribution in [0.1, 0.15) is 10.4 Å². The Balaban J connectivity index is 2.52. The van der Waals surface area contributed by atoms with E-state index in [1.54, 1.807) is 31.4 Å². The lowest BCUT2D eigenvalue weighted by Crippen LogP contribution is -2.10. The van der Waals surface area contributed by atoms with E-state index in [0.717, 1.165) is 0 Å². The zero-order valence-corrected chi connectivity index (χ0v) is 9.03. The summed E-state index contributed by atoms with van der Waals surface area (Å²) in [4.78, 5) is 10.9. The standard InChI is InChI=1S/C12H13NO3/c1-15-7-2-3-8-16-11-6-4-5-10(9-11)12(13)14/h4-6,9H,7-8H2,1H3,(H2,13,14). The topological polar surface area (TPSA) is 61.6 Å². The number of primary amides is 1. The average molecular weight is 219 g/mol. The Kier molecular flexibility index (Phi) is 4.90. The summed E-state index contributed by atoms with van der Waals surface area (Å²) in [5.74, 6) is 5.62. The van der Waals surface area contributed by atoms with Gasteiger partial charge in [-0.05, 0) is 18.2 Å². The predicted octanol–water partition coefficient (Wildman–Crippen LogP) is 0.814. The number of carbonyl (C=O) groups excluding carboxylic acids is 1. The molecule has 16 heavy (non-hydrogen) atoms. The van der Waals surface area contributed by atoms with E-state index in [0.29, 0.717) is 17.9 Å². The van der Waals surface area contributed by atoms with Gasteiger partial charge in [-0.1, -0.05) is 17.9 Å². The second-order valence-corrected chi connectivity index (χ2v) is 2.97. The van der Waals surface area contributed by atoms with Crippen molar-refractivity contribution in [3.63, 3.8) is 0 Å². The number of hydrogen-bond donors (Lipinski definition) is 1. The fourth-order valence-electron chi connectivity index (χ4n) is 1.03. The molecule has 4 nitrogen and oxygen atoms in total. The molecule has 0 saturated carbocycles. The van der Waals surface area contributed by atoms with Crippen LogP contribution in [-0.2, 0) is 4.74 Å². The van der Waals surface area contributed by atoms with Gasteiger partial charge in [-0.2, -0.15) is 0 Å². The first-order valence-electron chi connectivity index (χ1n) is 4.71. The monoisotopic (exact) mass is 219 g/mol. The quantitative estimate of drug-likeness (QED) is 0.762. The average Bonchev–Trinajstić information content (AvgIpc) is 2.29. The van der Waals surface area contributed by atoms with Crippen LogP contribution in [0, 0.1) is 11.8 Å². The summed E-state index contributed by atoms with van der Waals surface area (Å²) in [5, 5.41) is 0. The number of ether oxygens (including phenoxy) is 2. The van der Waals surface area contributed by atoms with Gasteiger partial charge in [0.25, 0.3) is 0 Å². The number of methoxy groups -OCH3 is 1. The Bertz CT molecular complexity index is 418. The highest BCUT2D eigenvalue weighted by Crippen LogP contribution is 2.12. The highest BCUT2D eigenvalue weighted by Gasteiger charge is 2.00. The zero-order chi connectivity index (χ0) is 11.8. The van der Waals surface area contributed by atoms with Crippen LogP contribution in [-0.4, -0.2) is 26.2 Å². The number of carbonyl (C=O) groups is 1. The van der Waals surface area contributed by atoms with Crippen LogP contribution < -0.4 is 10.5 Å². The van der Waals surface area contributed by atoms with E-state index in [1.165, 1.54) is 0 Å². The van der Waals surface area contributed by atoms with E-state index in [9.17, 15) is 4.79 Å². The molecule has 1 aromatic carbocycles. The highest BCUT2D eigenvalue weighted by atomic mass is 16.5. The fraction of sp³-hybridized carbons (Fsp3) is 0.250. The molecule has 0 fully saturated rings. The molecule has 1 amide bonds. The first kappa shape index (κ1) is 12.1. The Morgan fingerprint density at radius 1 is 1.38 bits per heavy atom. The molecule has 84 valence electrons. The largest absolute Gasteiger partial charge is 0.481 e. The van der Waals surface area contributed by atoms with E-state index >= 15 is 0 Å². The third-order valence-electron chi connectivity index (χ3n) is 1.77. The molecule has 2 N–H and O–H groups in total. The van der Waals surface area contributed by atoms with Crippen molar-refractivity contribution in [3.8, 4) is 17.6 Å². The molecule has 0 atom stereocenters. The van der Waals surface area contributed by atoms with Crippen LogP contribution in [0.2, 0.25) is 0 Å². The van der Waals surface area contributed by atoms with E-state index < -0.39 is 5.91 Å². The summed E-state index contributed by atoms with van der Waals surface area (Å²) < 4.78 is 10.1. The van der Waals surface area contributed by atoms with E-state index in [1.807, 2.05) is 0 Å². The van der Waals surface area contributed by atoms with Gasteiger partial charge >= 0.3 is 0 Å². The lowest BCUT2D eigenvalue weighted by atomic mass is 10.2. The van der Waals surface area contributed by atoms with Crippen molar-refractivity contribution in [2.75, 3.05) is 20.3 Å². The maximum absolute atomic E-state index is 10.9. The minimum absolute atomic E-state index is 0.256. The van der Waals surface area contributed by atoms with Crippen LogP contribution in [0.3, 0.4) is 0 Å². The van der Waals surface area contributed by atoms with Gasteiger partial charge < -0.3 is 15.2 Å². The van der Waals surface area contributed by atoms with Gasteiger partial charge in [0.1, 0.15) is 19.0 Å². The molecule has 0 aliphatic carbocycles. The lowest BCUT2D eigenvalue weighted by Gasteiger charge is -2.02. The summed E-state index contributed by atoms with van der Waals surface area (Å²) in [6.07, 6.45) is 0. The van der Waals surface area contributed by atoms with Crippen LogP contribution in [0.4, 0.5) is 0 Å². The van der Waals surface area contributed by atoms with Crippen molar-refractivity contribution < 1.29 is 14.3 Å². The summed E-state index contributed by atoms with van der Waals surface area (Å²) in [7, 11) is 1.58. The molecule has 0 unspecified atom stereocenters. The van der Waals surface area contributed by atoms with Gasteiger partial charge in [0.05, 0.1) is 0 Å². The summed E-state index contributed by atoms with van der Waals surface area (Å²) >= 11 is 0. The van der Waals surface area contributed by atoms with Gasteiger partial charge in [-0.25, -0.2) is 0 Å². The minimum Gasteiger partial charge on any atom is -0.481 e. The normalized spacial score (nSPS) is 9.06. The highest BCUT2D eigenvalue weighted by molar-refractivity contribution is 5.93. The number of amides is 1. The molecular weight excluding hydrogens is 206 g/mol. The smallest absolute Gasteiger partial charge is 0.248 e. The SMILES string of the molecule is COCC#CCOc1cccc(C(N)=O)c1. The summed E-state index contributed by atoms with van der Waals surface area (Å²) in [5.41, 5.74) is 5.56. The lowest BCUT2D eigenvalue weighted by molar-refractivity contribution is 0.1000. The van der Waals surface area contributed by atoms with Crippen molar-refractivity contribution in [2.45, 2.75) is 0 Å². The molecule has 0 aliphatic heterocycles. The minimum atomic E-state index is -0.476. The van der Waals surface area contributed by atoms with Gasteiger partial charge in [-0.3, -0.25) is 4.79 Å². The van der Waals surface area contributed by atoms with Gasteiger partial charge in [-0.15, -0.1) is 0 Å². The first-order valence-corrected chi connectivity index (χ1v) is 4.71. The van der Waals surface area contributed by atoms with E-state index in [2.05, 4.69) is 11.8 Å². The third-order valence-corrected chi connectivity index (χ3v) is 1.77. The van der Waals surface area contributed by atoms with Crippen LogP contribution in [0.25, 0.3) is 0 Å². The molecule has 0 aromatic heterocycles. The van der Waals surface area contributed by atoms with E-state index in [4.69, 9.17) is 15.2 Å². The summed E-state index contributed by atoms with van der Waals surface area (Å²) in [6.45, 7) is 0.635. The van der Waals surface area contributed by atoms with Crippen LogP contribution >= 0.6 is 0 Å². The Morgan fingerprint density at radius 3 is 2.81 bits per heavy atom. The van der Waals surface area contributed by atoms with Crippen LogP contribution in [0.15, 0.2) is 24.3 Å². The Hall–Kier alpha value is -1.99. The molecular formula is C12H13NO3. The number of rotatable bonds is 4.